The van der Waals surface area contributed by atoms with Gasteiger partial charge in [0.1, 0.15) is 6.10 Å². The van der Waals surface area contributed by atoms with Gasteiger partial charge >= 0.3 is 0 Å². The van der Waals surface area contributed by atoms with E-state index >= 15 is 0 Å². The molecule has 0 aromatic rings. The summed E-state index contributed by atoms with van der Waals surface area (Å²) in [6, 6.07) is 0. The van der Waals surface area contributed by atoms with Crippen molar-refractivity contribution in [3.63, 3.8) is 0 Å². The van der Waals surface area contributed by atoms with Crippen molar-refractivity contribution < 1.29 is 18.6 Å². The fraction of sp³-hybridized carbons (Fsp3) is 1.00. The highest BCUT2D eigenvalue weighted by Gasteiger charge is 2.39. The third-order valence-corrected chi connectivity index (χ3v) is 2.92. The molecule has 0 aromatic heterocycles. The Morgan fingerprint density at radius 2 is 1.79 bits per heavy atom. The zero-order valence-corrected chi connectivity index (χ0v) is 11.8. The maximum Gasteiger partial charge on any atom is 0.300 e. The molecule has 5 heteroatoms. The molecule has 0 heterocycles. The van der Waals surface area contributed by atoms with Crippen LogP contribution in [-0.4, -0.2) is 43.9 Å². The van der Waals surface area contributed by atoms with Gasteiger partial charge in [-0.3, -0.25) is 0 Å². The van der Waals surface area contributed by atoms with Crippen LogP contribution in [-0.2, 0) is 18.6 Å². The Balaban J connectivity index is 4.40. The molecule has 4 nitrogen and oxygen atoms in total. The molecule has 86 valence electrons. The van der Waals surface area contributed by atoms with Crippen molar-refractivity contribution in [2.45, 2.75) is 38.3 Å². The average molecular weight is 222 g/mol. The minimum Gasteiger partial charge on any atom is -0.378 e. The average Bonchev–Trinajstić information content (AvgIpc) is 2.25. The maximum absolute atomic E-state index is 5.36. The Kier molecular flexibility index (Phi) is 7.39. The lowest BCUT2D eigenvalue weighted by Gasteiger charge is -2.35. The summed E-state index contributed by atoms with van der Waals surface area (Å²) in [4.78, 5) is 0. The largest absolute Gasteiger partial charge is 0.378 e. The van der Waals surface area contributed by atoms with Crippen LogP contribution in [0.2, 0.25) is 0 Å². The van der Waals surface area contributed by atoms with Crippen LogP contribution in [0.1, 0.15) is 26.2 Å². The van der Waals surface area contributed by atoms with E-state index in [1.165, 1.54) is 0 Å². The molecule has 0 aromatic carbocycles. The van der Waals surface area contributed by atoms with E-state index in [1.54, 1.807) is 21.3 Å². The topological polar surface area (TPSA) is 36.9 Å². The molecule has 1 unspecified atom stereocenters. The summed E-state index contributed by atoms with van der Waals surface area (Å²) in [6.45, 7) is 2.13. The van der Waals surface area contributed by atoms with Crippen molar-refractivity contribution >= 4 is 10.5 Å². The molecular formula is C9H22O4Si. The lowest BCUT2D eigenvalue weighted by atomic mass is 10.1. The third kappa shape index (κ3) is 3.32. The highest BCUT2D eigenvalue weighted by molar-refractivity contribution is 5.98. The van der Waals surface area contributed by atoms with E-state index in [0.29, 0.717) is 10.5 Å². The Hall–Kier alpha value is 0.0569. The van der Waals surface area contributed by atoms with Crippen LogP contribution in [0.4, 0.5) is 0 Å². The molecule has 0 fully saturated rings. The molecule has 0 aliphatic heterocycles. The predicted molar refractivity (Wildman–Crippen MR) is 58.1 cm³/mol. The van der Waals surface area contributed by atoms with Gasteiger partial charge < -0.3 is 18.6 Å². The monoisotopic (exact) mass is 222 g/mol. The molecular weight excluding hydrogens is 200 g/mol. The van der Waals surface area contributed by atoms with E-state index < -0.39 is 5.97 Å². The Morgan fingerprint density at radius 1 is 1.21 bits per heavy atom. The number of unbranched alkanes of at least 4 members (excludes halogenated alkanes) is 1. The molecule has 14 heavy (non-hydrogen) atoms. The highest BCUT2D eigenvalue weighted by atomic mass is 28.2. The third-order valence-electron chi connectivity index (χ3n) is 2.35. The fourth-order valence-electron chi connectivity index (χ4n) is 1.47. The Bertz CT molecular complexity index is 131. The van der Waals surface area contributed by atoms with Crippen molar-refractivity contribution in [3.05, 3.63) is 0 Å². The van der Waals surface area contributed by atoms with Crippen LogP contribution >= 0.6 is 0 Å². The first-order chi connectivity index (χ1) is 6.70. The molecule has 0 saturated heterocycles. The van der Waals surface area contributed by atoms with Crippen molar-refractivity contribution in [3.8, 4) is 0 Å². The molecule has 0 N–H and O–H groups in total. The van der Waals surface area contributed by atoms with E-state index in [1.807, 2.05) is 0 Å². The van der Waals surface area contributed by atoms with Crippen LogP contribution in [0.15, 0.2) is 0 Å². The van der Waals surface area contributed by atoms with E-state index in [2.05, 4.69) is 6.92 Å². The minimum atomic E-state index is -1.02. The molecule has 0 bridgehead atoms. The van der Waals surface area contributed by atoms with Gasteiger partial charge in [0.15, 0.2) is 10.5 Å². The smallest absolute Gasteiger partial charge is 0.300 e. The second-order valence-corrected chi connectivity index (χ2v) is 3.49. The van der Waals surface area contributed by atoms with Gasteiger partial charge in [-0.05, 0) is 6.42 Å². The first-order valence-electron chi connectivity index (χ1n) is 4.89. The normalized spacial score (nSPS) is 14.6. The number of ether oxygens (including phenoxy) is 3. The number of rotatable bonds is 8. The van der Waals surface area contributed by atoms with Gasteiger partial charge in [0, 0.05) is 21.3 Å². The Morgan fingerprint density at radius 3 is 2.07 bits per heavy atom. The van der Waals surface area contributed by atoms with Crippen LogP contribution in [0, 0.1) is 0 Å². The van der Waals surface area contributed by atoms with E-state index in [4.69, 9.17) is 18.6 Å². The van der Waals surface area contributed by atoms with Gasteiger partial charge in [-0.25, -0.2) is 0 Å². The van der Waals surface area contributed by atoms with Gasteiger partial charge in [0.05, 0.1) is 0 Å². The lowest BCUT2D eigenvalue weighted by Crippen LogP contribution is -2.49. The summed E-state index contributed by atoms with van der Waals surface area (Å²) in [5.74, 6) is -1.02. The Labute approximate surface area is 89.4 Å². The zero-order valence-electron chi connectivity index (χ0n) is 9.83. The van der Waals surface area contributed by atoms with Gasteiger partial charge in [-0.2, -0.15) is 0 Å². The first kappa shape index (κ1) is 14.1. The summed E-state index contributed by atoms with van der Waals surface area (Å²) in [5.41, 5.74) is 0. The van der Waals surface area contributed by atoms with Crippen LogP contribution < -0.4 is 0 Å². The van der Waals surface area contributed by atoms with Gasteiger partial charge in [0.2, 0.25) is 0 Å². The number of methoxy groups -OCH3 is 3. The van der Waals surface area contributed by atoms with E-state index in [-0.39, 0.29) is 6.10 Å². The standard InChI is InChI=1S/C9H22O4Si/c1-5-6-7-8(10-2)9(11-3,12-4)13-14/h8H,5-7H2,1-4,14H3. The van der Waals surface area contributed by atoms with Gasteiger partial charge in [0.25, 0.3) is 5.97 Å². The molecule has 0 radical (unpaired) electrons. The van der Waals surface area contributed by atoms with Crippen LogP contribution in [0.5, 0.6) is 0 Å². The quantitative estimate of drug-likeness (QED) is 0.441. The van der Waals surface area contributed by atoms with Crippen molar-refractivity contribution in [1.29, 1.82) is 0 Å². The zero-order chi connectivity index (χ0) is 11.0. The van der Waals surface area contributed by atoms with Gasteiger partial charge in [-0.1, -0.05) is 19.8 Å². The molecule has 0 aliphatic carbocycles. The fourth-order valence-corrected chi connectivity index (χ4v) is 2.07. The number of hydrogen-bond acceptors (Lipinski definition) is 4. The van der Waals surface area contributed by atoms with Crippen molar-refractivity contribution in [2.75, 3.05) is 21.3 Å². The summed E-state index contributed by atoms with van der Waals surface area (Å²) < 4.78 is 21.2. The summed E-state index contributed by atoms with van der Waals surface area (Å²) in [7, 11) is 5.33. The molecule has 0 rings (SSSR count). The summed E-state index contributed by atoms with van der Waals surface area (Å²) in [6.07, 6.45) is 2.88. The second-order valence-electron chi connectivity index (χ2n) is 3.08. The molecule has 0 spiro atoms. The minimum absolute atomic E-state index is 0.171. The second kappa shape index (κ2) is 7.36. The van der Waals surface area contributed by atoms with Crippen molar-refractivity contribution in [1.82, 2.24) is 0 Å². The SMILES string of the molecule is CCCCC(OC)C(OC)(OC)O[SiH3]. The maximum atomic E-state index is 5.36. The molecule has 0 saturated carbocycles. The first-order valence-corrected chi connectivity index (χ1v) is 5.70. The molecule has 1 atom stereocenters. The van der Waals surface area contributed by atoms with E-state index in [9.17, 15) is 0 Å². The predicted octanol–water partition coefficient (Wildman–Crippen LogP) is 0.435. The molecule has 0 aliphatic rings. The molecule has 0 amide bonds. The summed E-state index contributed by atoms with van der Waals surface area (Å²) >= 11 is 0. The van der Waals surface area contributed by atoms with Gasteiger partial charge in [-0.15, -0.1) is 0 Å². The van der Waals surface area contributed by atoms with Crippen LogP contribution in [0.3, 0.4) is 0 Å². The van der Waals surface area contributed by atoms with Crippen LogP contribution in [0.25, 0.3) is 0 Å². The van der Waals surface area contributed by atoms with Crippen molar-refractivity contribution in [2.24, 2.45) is 0 Å². The summed E-state index contributed by atoms with van der Waals surface area (Å²) in [5, 5.41) is 0. The lowest BCUT2D eigenvalue weighted by molar-refractivity contribution is -0.365. The highest BCUT2D eigenvalue weighted by Crippen LogP contribution is 2.23. The number of hydrogen-bond donors (Lipinski definition) is 0. The van der Waals surface area contributed by atoms with E-state index in [0.717, 1.165) is 19.3 Å².